The zero-order valence-corrected chi connectivity index (χ0v) is 17.0. The molecule has 1 heterocycles. The van der Waals surface area contributed by atoms with Gasteiger partial charge >= 0.3 is 0 Å². The number of carbonyl (C=O) groups excluding carboxylic acids is 4. The van der Waals surface area contributed by atoms with Gasteiger partial charge < -0.3 is 5.32 Å². The Labute approximate surface area is 173 Å². The van der Waals surface area contributed by atoms with E-state index in [1.165, 1.54) is 25.1 Å². The summed E-state index contributed by atoms with van der Waals surface area (Å²) < 4.78 is 0. The highest BCUT2D eigenvalue weighted by molar-refractivity contribution is 6.21. The molecule has 3 amide bonds. The fourth-order valence-electron chi connectivity index (χ4n) is 3.26. The highest BCUT2D eigenvalue weighted by Crippen LogP contribution is 2.25. The molecule has 0 saturated heterocycles. The number of Topliss-reactive ketones (excluding diaryl/α,β-unsaturated/α-hetero) is 1. The van der Waals surface area contributed by atoms with Crippen LogP contribution in [0.1, 0.15) is 52.6 Å². The van der Waals surface area contributed by atoms with Crippen molar-refractivity contribution in [3.05, 3.63) is 58.7 Å². The summed E-state index contributed by atoms with van der Waals surface area (Å²) in [5, 5.41) is 12.9. The van der Waals surface area contributed by atoms with E-state index >= 15 is 0 Å². The fraction of sp³-hybridized carbons (Fsp3) is 0.273. The van der Waals surface area contributed by atoms with Crippen molar-refractivity contribution in [3.8, 4) is 0 Å². The number of imide groups is 1. The number of anilines is 1. The Kier molecular flexibility index (Phi) is 6.15. The molecule has 0 saturated carbocycles. The number of nitrogens with one attached hydrogen (secondary N) is 2. The molecule has 1 atom stereocenters. The van der Waals surface area contributed by atoms with Gasteiger partial charge in [0.25, 0.3) is 17.7 Å². The number of azo groups is 1. The molecule has 1 aliphatic heterocycles. The maximum absolute atomic E-state index is 12.8. The predicted octanol–water partition coefficient (Wildman–Crippen LogP) is 3.38. The van der Waals surface area contributed by atoms with Crippen molar-refractivity contribution in [2.75, 3.05) is 5.32 Å². The first-order chi connectivity index (χ1) is 14.3. The van der Waals surface area contributed by atoms with Gasteiger partial charge in [0.15, 0.2) is 5.78 Å². The average Bonchev–Trinajstić information content (AvgIpc) is 3.01. The van der Waals surface area contributed by atoms with Gasteiger partial charge in [-0.2, -0.15) is 10.2 Å². The number of amides is 3. The Morgan fingerprint density at radius 3 is 2.23 bits per heavy atom. The molecule has 0 fully saturated rings. The highest BCUT2D eigenvalue weighted by atomic mass is 16.2. The predicted molar refractivity (Wildman–Crippen MR) is 111 cm³/mol. The maximum atomic E-state index is 12.8. The lowest BCUT2D eigenvalue weighted by Gasteiger charge is -2.16. The SMILES string of the molecule is CCc1cccc(CC)c1NC(=O)C(N=Nc1ccc2c(c1)C(=O)NC2=O)C(C)=O. The molecule has 0 aromatic heterocycles. The van der Waals surface area contributed by atoms with E-state index in [1.54, 1.807) is 0 Å². The number of benzene rings is 2. The van der Waals surface area contributed by atoms with Crippen LogP contribution in [0.4, 0.5) is 11.4 Å². The number of aryl methyl sites for hydroxylation is 2. The summed E-state index contributed by atoms with van der Waals surface area (Å²) in [6.07, 6.45) is 1.46. The van der Waals surface area contributed by atoms with E-state index in [4.69, 9.17) is 0 Å². The van der Waals surface area contributed by atoms with Crippen LogP contribution in [-0.4, -0.2) is 29.5 Å². The number of hydrogen-bond acceptors (Lipinski definition) is 6. The first-order valence-electron chi connectivity index (χ1n) is 9.68. The average molecular weight is 406 g/mol. The summed E-state index contributed by atoms with van der Waals surface area (Å²) in [6, 6.07) is 8.81. The zero-order valence-electron chi connectivity index (χ0n) is 17.0. The largest absolute Gasteiger partial charge is 0.323 e. The van der Waals surface area contributed by atoms with Gasteiger partial charge in [-0.15, -0.1) is 0 Å². The first kappa shape index (κ1) is 21.0. The summed E-state index contributed by atoms with van der Waals surface area (Å²) in [5.41, 5.74) is 3.34. The van der Waals surface area contributed by atoms with Crippen molar-refractivity contribution < 1.29 is 19.2 Å². The van der Waals surface area contributed by atoms with Gasteiger partial charge in [-0.3, -0.25) is 24.5 Å². The van der Waals surface area contributed by atoms with E-state index in [1.807, 2.05) is 32.0 Å². The third-order valence-electron chi connectivity index (χ3n) is 4.89. The van der Waals surface area contributed by atoms with Crippen LogP contribution in [0.25, 0.3) is 0 Å². The van der Waals surface area contributed by atoms with Crippen LogP contribution in [0.5, 0.6) is 0 Å². The minimum atomic E-state index is -1.33. The molecule has 0 spiro atoms. The second kappa shape index (κ2) is 8.77. The van der Waals surface area contributed by atoms with Gasteiger partial charge in [0.2, 0.25) is 6.04 Å². The Morgan fingerprint density at radius 1 is 1.00 bits per heavy atom. The number of fused-ring (bicyclic) bond motifs is 1. The van der Waals surface area contributed by atoms with Crippen LogP contribution in [0, 0.1) is 0 Å². The van der Waals surface area contributed by atoms with Crippen LogP contribution in [0.2, 0.25) is 0 Å². The lowest BCUT2D eigenvalue weighted by atomic mass is 10.0. The van der Waals surface area contributed by atoms with Crippen LogP contribution in [0.3, 0.4) is 0 Å². The van der Waals surface area contributed by atoms with Gasteiger partial charge in [0, 0.05) is 5.69 Å². The van der Waals surface area contributed by atoms with Crippen LogP contribution < -0.4 is 10.6 Å². The zero-order chi connectivity index (χ0) is 21.8. The van der Waals surface area contributed by atoms with Crippen LogP contribution in [0.15, 0.2) is 46.6 Å². The number of para-hydroxylation sites is 1. The van der Waals surface area contributed by atoms with Crippen molar-refractivity contribution in [1.29, 1.82) is 0 Å². The fourth-order valence-corrected chi connectivity index (χ4v) is 3.26. The third kappa shape index (κ3) is 4.17. The van der Waals surface area contributed by atoms with E-state index in [-0.39, 0.29) is 16.8 Å². The van der Waals surface area contributed by atoms with E-state index < -0.39 is 29.5 Å². The second-order valence-electron chi connectivity index (χ2n) is 6.89. The number of carbonyl (C=O) groups is 4. The Morgan fingerprint density at radius 2 is 1.63 bits per heavy atom. The van der Waals surface area contributed by atoms with Crippen molar-refractivity contribution >= 4 is 34.9 Å². The van der Waals surface area contributed by atoms with E-state index in [9.17, 15) is 19.2 Å². The molecule has 154 valence electrons. The van der Waals surface area contributed by atoms with Gasteiger partial charge in [-0.05, 0) is 49.1 Å². The summed E-state index contributed by atoms with van der Waals surface area (Å²) in [7, 11) is 0. The molecule has 0 bridgehead atoms. The monoisotopic (exact) mass is 406 g/mol. The summed E-state index contributed by atoms with van der Waals surface area (Å²) in [5.74, 6) is -2.02. The highest BCUT2D eigenvalue weighted by Gasteiger charge is 2.27. The maximum Gasteiger partial charge on any atom is 0.259 e. The molecular formula is C22H22N4O4. The lowest BCUT2D eigenvalue weighted by molar-refractivity contribution is -0.126. The molecule has 30 heavy (non-hydrogen) atoms. The smallest absolute Gasteiger partial charge is 0.259 e. The molecule has 8 heteroatoms. The summed E-state index contributed by atoms with van der Waals surface area (Å²) in [6.45, 7) is 5.24. The molecule has 8 nitrogen and oxygen atoms in total. The molecule has 2 aromatic carbocycles. The number of hydrogen-bond donors (Lipinski definition) is 2. The molecule has 0 aliphatic carbocycles. The Bertz CT molecular complexity index is 1050. The van der Waals surface area contributed by atoms with Crippen molar-refractivity contribution in [1.82, 2.24) is 5.32 Å². The molecule has 2 aromatic rings. The molecule has 1 aliphatic rings. The van der Waals surface area contributed by atoms with E-state index in [2.05, 4.69) is 20.9 Å². The Hall–Kier alpha value is -3.68. The number of rotatable bonds is 7. The first-order valence-corrected chi connectivity index (χ1v) is 9.68. The molecule has 2 N–H and O–H groups in total. The third-order valence-corrected chi connectivity index (χ3v) is 4.89. The number of ketones is 1. The van der Waals surface area contributed by atoms with Crippen molar-refractivity contribution in [2.45, 2.75) is 39.7 Å². The molecular weight excluding hydrogens is 384 g/mol. The van der Waals surface area contributed by atoms with Gasteiger partial charge in [-0.1, -0.05) is 32.0 Å². The van der Waals surface area contributed by atoms with E-state index in [0.29, 0.717) is 5.69 Å². The summed E-state index contributed by atoms with van der Waals surface area (Å²) >= 11 is 0. The topological polar surface area (TPSA) is 117 Å². The quantitative estimate of drug-likeness (QED) is 0.416. The lowest BCUT2D eigenvalue weighted by Crippen LogP contribution is -2.32. The minimum absolute atomic E-state index is 0.185. The normalized spacial score (nSPS) is 13.8. The molecule has 0 radical (unpaired) electrons. The number of nitrogens with zero attached hydrogens (tertiary/aromatic N) is 2. The minimum Gasteiger partial charge on any atom is -0.323 e. The van der Waals surface area contributed by atoms with Gasteiger partial charge in [0.1, 0.15) is 0 Å². The van der Waals surface area contributed by atoms with Gasteiger partial charge in [-0.25, -0.2) is 0 Å². The Balaban J connectivity index is 1.85. The standard InChI is InChI=1S/C22H22N4O4/c1-4-13-7-6-8-14(5-2)19(13)23-22(30)18(12(3)27)26-25-15-9-10-16-17(11-15)21(29)24-20(16)28/h6-11,18H,4-5H2,1-3H3,(H,23,30)(H,24,28,29). The van der Waals surface area contributed by atoms with Crippen molar-refractivity contribution in [2.24, 2.45) is 10.2 Å². The summed E-state index contributed by atoms with van der Waals surface area (Å²) in [4.78, 5) is 48.3. The second-order valence-corrected chi connectivity index (χ2v) is 6.89. The van der Waals surface area contributed by atoms with Gasteiger partial charge in [0.05, 0.1) is 16.8 Å². The molecule has 1 unspecified atom stereocenters. The van der Waals surface area contributed by atoms with Crippen LogP contribution >= 0.6 is 0 Å². The van der Waals surface area contributed by atoms with Crippen LogP contribution in [-0.2, 0) is 22.4 Å². The molecule has 3 rings (SSSR count). The van der Waals surface area contributed by atoms with Crippen molar-refractivity contribution in [3.63, 3.8) is 0 Å². The van der Waals surface area contributed by atoms with E-state index in [0.717, 1.165) is 24.0 Å².